The summed E-state index contributed by atoms with van der Waals surface area (Å²) in [5, 5.41) is 0. The predicted octanol–water partition coefficient (Wildman–Crippen LogP) is 0.222. The second kappa shape index (κ2) is 5.03. The van der Waals surface area contributed by atoms with E-state index in [1.165, 1.54) is 0 Å². The summed E-state index contributed by atoms with van der Waals surface area (Å²) in [5.41, 5.74) is 8.08. The first kappa shape index (κ1) is 7.88. The lowest BCUT2D eigenvalue weighted by Gasteiger charge is -2.08. The first-order chi connectivity index (χ1) is 3.81. The predicted molar refractivity (Wildman–Crippen MR) is 33.0 cm³/mol. The number of rotatable bonds is 4. The van der Waals surface area contributed by atoms with Gasteiger partial charge in [0.05, 0.1) is 12.8 Å². The van der Waals surface area contributed by atoms with Crippen LogP contribution in [0.5, 0.6) is 0 Å². The molecular formula is C5H14N2O. The van der Waals surface area contributed by atoms with Crippen LogP contribution >= 0.6 is 0 Å². The van der Waals surface area contributed by atoms with Crippen LogP contribution in [0.15, 0.2) is 0 Å². The maximum atomic E-state index is 5.42. The zero-order valence-electron chi connectivity index (χ0n) is 5.48. The fraction of sp³-hybridized carbons (Fsp3) is 1.00. The van der Waals surface area contributed by atoms with Gasteiger partial charge in [0.1, 0.15) is 0 Å². The molecule has 0 aliphatic heterocycles. The first-order valence-corrected chi connectivity index (χ1v) is 2.94. The van der Waals surface area contributed by atoms with Gasteiger partial charge in [-0.1, -0.05) is 6.92 Å². The van der Waals surface area contributed by atoms with Crippen molar-refractivity contribution in [2.24, 2.45) is 5.73 Å². The molecule has 3 heteroatoms. The van der Waals surface area contributed by atoms with Crippen LogP contribution in [0.4, 0.5) is 0 Å². The molecule has 0 radical (unpaired) electrons. The van der Waals surface area contributed by atoms with Crippen LogP contribution in [0.1, 0.15) is 20.3 Å². The van der Waals surface area contributed by atoms with Crippen molar-refractivity contribution < 1.29 is 4.84 Å². The highest BCUT2D eigenvalue weighted by Crippen LogP contribution is 1.78. The average Bonchev–Trinajstić information content (AvgIpc) is 1.83. The standard InChI is InChI=1S/C5H14N2O/c1-3-5(6)7-8-4-2/h5,7H,3-4,6H2,1-2H3. The van der Waals surface area contributed by atoms with Crippen LogP contribution in [0.2, 0.25) is 0 Å². The van der Waals surface area contributed by atoms with Gasteiger partial charge in [-0.25, -0.2) is 0 Å². The van der Waals surface area contributed by atoms with Gasteiger partial charge < -0.3 is 10.6 Å². The third-order valence-corrected chi connectivity index (χ3v) is 0.819. The smallest absolute Gasteiger partial charge is 0.0784 e. The Labute approximate surface area is 50.2 Å². The number of hydrogen-bond acceptors (Lipinski definition) is 3. The van der Waals surface area contributed by atoms with Crippen LogP contribution in [-0.2, 0) is 4.84 Å². The minimum atomic E-state index is -0.0186. The number of nitrogens with two attached hydrogens (primary N) is 1. The highest BCUT2D eigenvalue weighted by atomic mass is 16.6. The van der Waals surface area contributed by atoms with Crippen LogP contribution < -0.4 is 11.2 Å². The molecule has 0 fully saturated rings. The zero-order chi connectivity index (χ0) is 6.41. The van der Waals surface area contributed by atoms with Crippen molar-refractivity contribution in [2.75, 3.05) is 6.61 Å². The van der Waals surface area contributed by atoms with E-state index in [-0.39, 0.29) is 6.17 Å². The van der Waals surface area contributed by atoms with Gasteiger partial charge in [-0.3, -0.25) is 0 Å². The highest BCUT2D eigenvalue weighted by molar-refractivity contribution is 4.44. The van der Waals surface area contributed by atoms with Crippen LogP contribution in [0.3, 0.4) is 0 Å². The maximum Gasteiger partial charge on any atom is 0.0784 e. The Kier molecular flexibility index (Phi) is 4.95. The van der Waals surface area contributed by atoms with Crippen molar-refractivity contribution in [3.05, 3.63) is 0 Å². The molecule has 0 amide bonds. The van der Waals surface area contributed by atoms with Gasteiger partial charge in [0.25, 0.3) is 0 Å². The summed E-state index contributed by atoms with van der Waals surface area (Å²) >= 11 is 0. The Morgan fingerprint density at radius 3 is 2.62 bits per heavy atom. The molecule has 0 aromatic rings. The van der Waals surface area contributed by atoms with Gasteiger partial charge in [-0.2, -0.15) is 5.48 Å². The summed E-state index contributed by atoms with van der Waals surface area (Å²) in [6.07, 6.45) is 0.870. The topological polar surface area (TPSA) is 47.3 Å². The van der Waals surface area contributed by atoms with E-state index in [0.717, 1.165) is 6.42 Å². The summed E-state index contributed by atoms with van der Waals surface area (Å²) < 4.78 is 0. The molecule has 0 aliphatic carbocycles. The van der Waals surface area contributed by atoms with E-state index in [2.05, 4.69) is 5.48 Å². The summed E-state index contributed by atoms with van der Waals surface area (Å²) in [6, 6.07) is 0. The van der Waals surface area contributed by atoms with E-state index in [1.54, 1.807) is 0 Å². The van der Waals surface area contributed by atoms with Crippen LogP contribution in [-0.4, -0.2) is 12.8 Å². The van der Waals surface area contributed by atoms with Gasteiger partial charge >= 0.3 is 0 Å². The summed E-state index contributed by atoms with van der Waals surface area (Å²) in [6.45, 7) is 4.57. The van der Waals surface area contributed by atoms with Gasteiger partial charge in [0.15, 0.2) is 0 Å². The Balaban J connectivity index is 2.86. The molecule has 1 unspecified atom stereocenters. The van der Waals surface area contributed by atoms with Gasteiger partial charge in [0.2, 0.25) is 0 Å². The lowest BCUT2D eigenvalue weighted by molar-refractivity contribution is 0.0251. The van der Waals surface area contributed by atoms with Gasteiger partial charge in [-0.05, 0) is 13.3 Å². The van der Waals surface area contributed by atoms with E-state index in [0.29, 0.717) is 6.61 Å². The summed E-state index contributed by atoms with van der Waals surface area (Å²) in [7, 11) is 0. The molecule has 0 spiro atoms. The monoisotopic (exact) mass is 118 g/mol. The summed E-state index contributed by atoms with van der Waals surface area (Å²) in [5.74, 6) is 0. The van der Waals surface area contributed by atoms with E-state index in [9.17, 15) is 0 Å². The maximum absolute atomic E-state index is 5.42. The molecule has 50 valence electrons. The van der Waals surface area contributed by atoms with Crippen molar-refractivity contribution in [1.82, 2.24) is 5.48 Å². The van der Waals surface area contributed by atoms with Crippen molar-refractivity contribution in [3.63, 3.8) is 0 Å². The van der Waals surface area contributed by atoms with Gasteiger partial charge in [-0.15, -0.1) is 0 Å². The van der Waals surface area contributed by atoms with E-state index in [4.69, 9.17) is 10.6 Å². The van der Waals surface area contributed by atoms with E-state index in [1.807, 2.05) is 13.8 Å². The molecule has 0 aromatic carbocycles. The molecule has 0 saturated heterocycles. The minimum absolute atomic E-state index is 0.0186. The third kappa shape index (κ3) is 4.05. The Morgan fingerprint density at radius 1 is 1.62 bits per heavy atom. The van der Waals surface area contributed by atoms with Crippen molar-refractivity contribution in [1.29, 1.82) is 0 Å². The molecule has 0 aliphatic rings. The molecule has 1 atom stereocenters. The highest BCUT2D eigenvalue weighted by Gasteiger charge is 1.92. The lowest BCUT2D eigenvalue weighted by atomic mass is 10.4. The van der Waals surface area contributed by atoms with Crippen molar-refractivity contribution >= 4 is 0 Å². The normalized spacial score (nSPS) is 13.9. The molecular weight excluding hydrogens is 104 g/mol. The second-order valence-corrected chi connectivity index (χ2v) is 1.57. The average molecular weight is 118 g/mol. The van der Waals surface area contributed by atoms with Crippen LogP contribution in [0, 0.1) is 0 Å². The molecule has 3 N–H and O–H groups in total. The zero-order valence-corrected chi connectivity index (χ0v) is 5.48. The molecule has 0 rings (SSSR count). The SMILES string of the molecule is CCONC(N)CC. The van der Waals surface area contributed by atoms with Crippen molar-refractivity contribution in [3.8, 4) is 0 Å². The Hall–Kier alpha value is -0.120. The second-order valence-electron chi connectivity index (χ2n) is 1.57. The molecule has 0 aromatic heterocycles. The van der Waals surface area contributed by atoms with E-state index < -0.39 is 0 Å². The quantitative estimate of drug-likeness (QED) is 0.410. The Bertz CT molecular complexity index is 49.7. The molecule has 0 bridgehead atoms. The first-order valence-electron chi connectivity index (χ1n) is 2.94. The fourth-order valence-electron chi connectivity index (χ4n) is 0.274. The molecule has 8 heavy (non-hydrogen) atoms. The molecule has 3 nitrogen and oxygen atoms in total. The Morgan fingerprint density at radius 2 is 2.25 bits per heavy atom. The number of hydroxylamine groups is 1. The number of hydrogen-bond donors (Lipinski definition) is 2. The number of nitrogens with one attached hydrogen (secondary N) is 1. The van der Waals surface area contributed by atoms with Crippen LogP contribution in [0.25, 0.3) is 0 Å². The molecule has 0 heterocycles. The third-order valence-electron chi connectivity index (χ3n) is 0.819. The largest absolute Gasteiger partial charge is 0.314 e. The minimum Gasteiger partial charge on any atom is -0.314 e. The van der Waals surface area contributed by atoms with Gasteiger partial charge in [0, 0.05) is 0 Å². The fourth-order valence-corrected chi connectivity index (χ4v) is 0.274. The van der Waals surface area contributed by atoms with E-state index >= 15 is 0 Å². The van der Waals surface area contributed by atoms with Crippen molar-refractivity contribution in [2.45, 2.75) is 26.4 Å². The lowest BCUT2D eigenvalue weighted by Crippen LogP contribution is -2.36. The molecule has 0 saturated carbocycles. The summed E-state index contributed by atoms with van der Waals surface area (Å²) in [4.78, 5) is 4.81.